The number of carbonyl (C=O) groups excluding carboxylic acids is 1. The van der Waals surface area contributed by atoms with Crippen molar-refractivity contribution in [1.29, 1.82) is 0 Å². The lowest BCUT2D eigenvalue weighted by atomic mass is 9.98. The highest BCUT2D eigenvalue weighted by Gasteiger charge is 2.30. The highest BCUT2D eigenvalue weighted by molar-refractivity contribution is 5.80. The lowest BCUT2D eigenvalue weighted by molar-refractivity contribution is -0.131. The van der Waals surface area contributed by atoms with E-state index in [1.807, 2.05) is 29.1 Å². The summed E-state index contributed by atoms with van der Waals surface area (Å²) in [5, 5.41) is 4.17. The number of pyridine rings is 2. The summed E-state index contributed by atoms with van der Waals surface area (Å²) in [5.41, 5.74) is 2.06. The van der Waals surface area contributed by atoms with Gasteiger partial charge in [0.15, 0.2) is 5.65 Å². The first kappa shape index (κ1) is 19.3. The topological polar surface area (TPSA) is 66.6 Å². The largest absolute Gasteiger partial charge is 0.358 e. The number of halogens is 1. The first-order chi connectivity index (χ1) is 14.1. The van der Waals surface area contributed by atoms with Crippen molar-refractivity contribution in [2.45, 2.75) is 25.7 Å². The van der Waals surface area contributed by atoms with Crippen molar-refractivity contribution in [3.05, 3.63) is 54.4 Å². The average molecular weight is 396 g/mol. The Morgan fingerprint density at radius 2 is 2.17 bits per heavy atom. The van der Waals surface area contributed by atoms with Gasteiger partial charge in [-0.15, -0.1) is 0 Å². The molecular formula is C21H25FN6O. The molecule has 1 saturated heterocycles. The van der Waals surface area contributed by atoms with Crippen LogP contribution in [0.5, 0.6) is 0 Å². The minimum atomic E-state index is -0.347. The highest BCUT2D eigenvalue weighted by Crippen LogP contribution is 2.24. The van der Waals surface area contributed by atoms with Crippen LogP contribution in [0.1, 0.15) is 24.8 Å². The van der Waals surface area contributed by atoms with Crippen LogP contribution in [0, 0.1) is 11.7 Å². The van der Waals surface area contributed by atoms with Crippen LogP contribution in [0.2, 0.25) is 0 Å². The van der Waals surface area contributed by atoms with Gasteiger partial charge in [0.1, 0.15) is 18.0 Å². The molecule has 7 nitrogen and oxygen atoms in total. The fraction of sp³-hybridized carbons (Fsp3) is 0.429. The van der Waals surface area contributed by atoms with E-state index >= 15 is 0 Å². The van der Waals surface area contributed by atoms with Crippen LogP contribution in [-0.2, 0) is 11.2 Å². The van der Waals surface area contributed by atoms with E-state index < -0.39 is 0 Å². The number of anilines is 1. The number of aromatic nitrogens is 4. The zero-order chi connectivity index (χ0) is 20.2. The van der Waals surface area contributed by atoms with E-state index in [4.69, 9.17) is 0 Å². The van der Waals surface area contributed by atoms with E-state index in [9.17, 15) is 9.18 Å². The maximum atomic E-state index is 13.0. The number of aryl methyl sites for hydroxylation is 1. The number of likely N-dealkylation sites (tertiary alicyclic amines) is 1. The maximum absolute atomic E-state index is 13.0. The standard InChI is InChI=1S/C21H25FN6O/c1-26(19-8-7-18(22)14-23-19)12-13-27-11-9-17(21(27)29)5-2-4-16-6-3-10-28-20(16)24-15-25-28/h3,6-8,10,14-15,17H,2,4-5,9,11-13H2,1H3. The van der Waals surface area contributed by atoms with Crippen LogP contribution in [0.25, 0.3) is 5.65 Å². The Morgan fingerprint density at radius 1 is 1.28 bits per heavy atom. The van der Waals surface area contributed by atoms with Gasteiger partial charge in [0, 0.05) is 38.8 Å². The van der Waals surface area contributed by atoms with Crippen molar-refractivity contribution in [2.75, 3.05) is 31.6 Å². The Bertz CT molecular complexity index is 973. The van der Waals surface area contributed by atoms with Crippen LogP contribution in [0.4, 0.5) is 10.2 Å². The van der Waals surface area contributed by atoms with Crippen molar-refractivity contribution in [1.82, 2.24) is 24.5 Å². The Labute approximate surface area is 169 Å². The minimum Gasteiger partial charge on any atom is -0.358 e. The summed E-state index contributed by atoms with van der Waals surface area (Å²) in [6, 6.07) is 7.11. The number of amides is 1. The lowest BCUT2D eigenvalue weighted by Gasteiger charge is -2.23. The number of hydrogen-bond acceptors (Lipinski definition) is 5. The Balaban J connectivity index is 1.24. The number of hydrogen-bond donors (Lipinski definition) is 0. The van der Waals surface area contributed by atoms with Crippen molar-refractivity contribution in [3.63, 3.8) is 0 Å². The minimum absolute atomic E-state index is 0.0989. The normalized spacial score (nSPS) is 16.7. The van der Waals surface area contributed by atoms with Crippen molar-refractivity contribution in [2.24, 2.45) is 5.92 Å². The molecule has 0 aromatic carbocycles. The SMILES string of the molecule is CN(CCN1CCC(CCCc2cccn3ncnc23)C1=O)c1ccc(F)cn1. The monoisotopic (exact) mass is 396 g/mol. The predicted octanol–water partition coefficient (Wildman–Crippen LogP) is 2.57. The molecule has 1 aliphatic heterocycles. The molecule has 1 amide bonds. The summed E-state index contributed by atoms with van der Waals surface area (Å²) in [4.78, 5) is 25.0. The zero-order valence-electron chi connectivity index (χ0n) is 16.5. The van der Waals surface area contributed by atoms with Gasteiger partial charge < -0.3 is 9.80 Å². The number of fused-ring (bicyclic) bond motifs is 1. The first-order valence-electron chi connectivity index (χ1n) is 10.0. The molecular weight excluding hydrogens is 371 g/mol. The molecule has 4 rings (SSSR count). The molecule has 1 fully saturated rings. The predicted molar refractivity (Wildman–Crippen MR) is 108 cm³/mol. The third-order valence-corrected chi connectivity index (χ3v) is 5.60. The zero-order valence-corrected chi connectivity index (χ0v) is 16.5. The number of likely N-dealkylation sites (N-methyl/N-ethyl adjacent to an activating group) is 1. The molecule has 4 heterocycles. The second kappa shape index (κ2) is 8.55. The van der Waals surface area contributed by atoms with E-state index in [2.05, 4.69) is 21.1 Å². The average Bonchev–Trinajstić information content (AvgIpc) is 3.34. The van der Waals surface area contributed by atoms with E-state index in [0.29, 0.717) is 18.9 Å². The van der Waals surface area contributed by atoms with Gasteiger partial charge in [0.25, 0.3) is 0 Å². The van der Waals surface area contributed by atoms with Crippen LogP contribution in [0.3, 0.4) is 0 Å². The second-order valence-corrected chi connectivity index (χ2v) is 7.52. The molecule has 0 spiro atoms. The van der Waals surface area contributed by atoms with Gasteiger partial charge in [-0.2, -0.15) is 5.10 Å². The first-order valence-corrected chi connectivity index (χ1v) is 10.0. The molecule has 1 aliphatic rings. The van der Waals surface area contributed by atoms with Crippen LogP contribution < -0.4 is 4.90 Å². The Morgan fingerprint density at radius 3 is 3.00 bits per heavy atom. The van der Waals surface area contributed by atoms with Gasteiger partial charge in [-0.3, -0.25) is 4.79 Å². The van der Waals surface area contributed by atoms with Gasteiger partial charge >= 0.3 is 0 Å². The fourth-order valence-corrected chi connectivity index (χ4v) is 3.91. The number of rotatable bonds is 8. The number of nitrogens with zero attached hydrogens (tertiary/aromatic N) is 6. The quantitative estimate of drug-likeness (QED) is 0.586. The Hall–Kier alpha value is -3.03. The molecule has 29 heavy (non-hydrogen) atoms. The fourth-order valence-electron chi connectivity index (χ4n) is 3.91. The molecule has 0 bridgehead atoms. The third kappa shape index (κ3) is 4.36. The molecule has 1 unspecified atom stereocenters. The van der Waals surface area contributed by atoms with Gasteiger partial charge in [-0.25, -0.2) is 18.9 Å². The molecule has 0 radical (unpaired) electrons. The highest BCUT2D eigenvalue weighted by atomic mass is 19.1. The van der Waals surface area contributed by atoms with Gasteiger partial charge in [-0.1, -0.05) is 6.07 Å². The summed E-state index contributed by atoms with van der Waals surface area (Å²) in [5.74, 6) is 0.699. The summed E-state index contributed by atoms with van der Waals surface area (Å²) >= 11 is 0. The van der Waals surface area contributed by atoms with Crippen LogP contribution in [-0.4, -0.2) is 57.1 Å². The van der Waals surface area contributed by atoms with Gasteiger partial charge in [0.2, 0.25) is 5.91 Å². The maximum Gasteiger partial charge on any atom is 0.225 e. The number of carbonyl (C=O) groups is 1. The Kier molecular flexibility index (Phi) is 5.69. The van der Waals surface area contributed by atoms with Crippen molar-refractivity contribution >= 4 is 17.4 Å². The third-order valence-electron chi connectivity index (χ3n) is 5.60. The van der Waals surface area contributed by atoms with Crippen LogP contribution in [0.15, 0.2) is 43.0 Å². The molecule has 152 valence electrons. The van der Waals surface area contributed by atoms with Crippen molar-refractivity contribution in [3.8, 4) is 0 Å². The van der Waals surface area contributed by atoms with Crippen molar-refractivity contribution < 1.29 is 9.18 Å². The molecule has 0 aliphatic carbocycles. The van der Waals surface area contributed by atoms with Gasteiger partial charge in [-0.05, 0) is 49.4 Å². The molecule has 3 aromatic heterocycles. The van der Waals surface area contributed by atoms with Crippen LogP contribution >= 0.6 is 0 Å². The second-order valence-electron chi connectivity index (χ2n) is 7.52. The van der Waals surface area contributed by atoms with E-state index in [-0.39, 0.29) is 17.6 Å². The summed E-state index contributed by atoms with van der Waals surface area (Å²) in [7, 11) is 1.91. The van der Waals surface area contributed by atoms with E-state index in [1.165, 1.54) is 17.8 Å². The molecule has 0 N–H and O–H groups in total. The molecule has 3 aromatic rings. The molecule has 0 saturated carbocycles. The van der Waals surface area contributed by atoms with E-state index in [0.717, 1.165) is 37.9 Å². The molecule has 8 heteroatoms. The van der Waals surface area contributed by atoms with E-state index in [1.54, 1.807) is 16.9 Å². The summed E-state index contributed by atoms with van der Waals surface area (Å²) < 4.78 is 14.8. The summed E-state index contributed by atoms with van der Waals surface area (Å²) in [6.07, 6.45) is 8.32. The van der Waals surface area contributed by atoms with Gasteiger partial charge in [0.05, 0.1) is 6.20 Å². The lowest BCUT2D eigenvalue weighted by Crippen LogP contribution is -2.35. The molecule has 1 atom stereocenters. The summed E-state index contributed by atoms with van der Waals surface area (Å²) in [6.45, 7) is 2.13. The smallest absolute Gasteiger partial charge is 0.225 e.